The summed E-state index contributed by atoms with van der Waals surface area (Å²) in [4.78, 5) is 0. The van der Waals surface area contributed by atoms with E-state index >= 15 is 0 Å². The summed E-state index contributed by atoms with van der Waals surface area (Å²) in [6, 6.07) is 9.36. The van der Waals surface area contributed by atoms with Gasteiger partial charge in [0.1, 0.15) is 0 Å². The third-order valence-corrected chi connectivity index (χ3v) is 5.44. The molecule has 1 aromatic carbocycles. The summed E-state index contributed by atoms with van der Waals surface area (Å²) in [5, 5.41) is 3.30. The van der Waals surface area contributed by atoms with Crippen LogP contribution in [0.15, 0.2) is 30.3 Å². The first-order valence-corrected chi connectivity index (χ1v) is 8.37. The third kappa shape index (κ3) is 4.30. The van der Waals surface area contributed by atoms with Crippen LogP contribution in [0.3, 0.4) is 0 Å². The Kier molecular flexibility index (Phi) is 4.96. The van der Waals surface area contributed by atoms with E-state index in [1.165, 1.54) is 4.31 Å². The second kappa shape index (κ2) is 6.50. The number of nitrogens with one attached hydrogen (secondary N) is 1. The van der Waals surface area contributed by atoms with Crippen LogP contribution in [-0.2, 0) is 15.8 Å². The third-order valence-electron chi connectivity index (χ3n) is 3.64. The summed E-state index contributed by atoms with van der Waals surface area (Å²) in [6.07, 6.45) is 2.12. The van der Waals surface area contributed by atoms with Crippen molar-refractivity contribution in [2.75, 3.05) is 26.7 Å². The van der Waals surface area contributed by atoms with Gasteiger partial charge in [0.05, 0.1) is 5.75 Å². The van der Waals surface area contributed by atoms with Gasteiger partial charge in [-0.25, -0.2) is 12.7 Å². The molecule has 1 fully saturated rings. The number of hydrogen-bond acceptors (Lipinski definition) is 3. The molecule has 2 rings (SSSR count). The summed E-state index contributed by atoms with van der Waals surface area (Å²) in [6.45, 7) is 2.63. The predicted molar refractivity (Wildman–Crippen MR) is 77.3 cm³/mol. The van der Waals surface area contributed by atoms with E-state index in [-0.39, 0.29) is 5.75 Å². The normalized spacial score (nSPS) is 17.8. The fourth-order valence-electron chi connectivity index (χ4n) is 2.44. The van der Waals surface area contributed by atoms with E-state index in [1.54, 1.807) is 7.05 Å². The zero-order valence-corrected chi connectivity index (χ0v) is 12.2. The summed E-state index contributed by atoms with van der Waals surface area (Å²) >= 11 is 0. The van der Waals surface area contributed by atoms with Gasteiger partial charge >= 0.3 is 0 Å². The smallest absolute Gasteiger partial charge is 0.218 e. The number of sulfonamides is 1. The molecule has 0 saturated carbocycles. The molecular formula is C14H22N2O2S. The van der Waals surface area contributed by atoms with Gasteiger partial charge in [0, 0.05) is 13.6 Å². The lowest BCUT2D eigenvalue weighted by atomic mass is 9.98. The van der Waals surface area contributed by atoms with Gasteiger partial charge in [-0.2, -0.15) is 0 Å². The Morgan fingerprint density at radius 1 is 1.21 bits per heavy atom. The number of hydrogen-bond donors (Lipinski definition) is 1. The summed E-state index contributed by atoms with van der Waals surface area (Å²) in [7, 11) is -1.51. The first-order valence-electron chi connectivity index (χ1n) is 6.76. The van der Waals surface area contributed by atoms with Crippen molar-refractivity contribution in [3.63, 3.8) is 0 Å². The summed E-state index contributed by atoms with van der Waals surface area (Å²) < 4.78 is 26.1. The first kappa shape index (κ1) is 14.5. The largest absolute Gasteiger partial charge is 0.317 e. The van der Waals surface area contributed by atoms with Crippen molar-refractivity contribution < 1.29 is 8.42 Å². The van der Waals surface area contributed by atoms with E-state index in [9.17, 15) is 8.42 Å². The summed E-state index contributed by atoms with van der Waals surface area (Å²) in [5.74, 6) is 0.576. The lowest BCUT2D eigenvalue weighted by Crippen LogP contribution is -2.37. The van der Waals surface area contributed by atoms with E-state index in [1.807, 2.05) is 30.3 Å². The Bertz CT molecular complexity index is 481. The minimum Gasteiger partial charge on any atom is -0.317 e. The minimum absolute atomic E-state index is 0.0926. The van der Waals surface area contributed by atoms with Crippen LogP contribution in [0, 0.1) is 5.92 Å². The van der Waals surface area contributed by atoms with Gasteiger partial charge < -0.3 is 5.32 Å². The Balaban J connectivity index is 1.94. The number of rotatable bonds is 5. The zero-order chi connectivity index (χ0) is 13.7. The second-order valence-corrected chi connectivity index (χ2v) is 7.29. The van der Waals surface area contributed by atoms with E-state index in [4.69, 9.17) is 0 Å². The van der Waals surface area contributed by atoms with E-state index in [2.05, 4.69) is 5.32 Å². The maximum absolute atomic E-state index is 12.3. The molecule has 19 heavy (non-hydrogen) atoms. The fourth-order valence-corrected chi connectivity index (χ4v) is 3.71. The average molecular weight is 282 g/mol. The van der Waals surface area contributed by atoms with Crippen LogP contribution in [-0.4, -0.2) is 39.4 Å². The SMILES string of the molecule is CN(CC1CCNCC1)S(=O)(=O)Cc1ccccc1. The van der Waals surface area contributed by atoms with Crippen molar-refractivity contribution >= 4 is 10.0 Å². The molecular weight excluding hydrogens is 260 g/mol. The number of nitrogens with zero attached hydrogens (tertiary/aromatic N) is 1. The van der Waals surface area contributed by atoms with Crippen molar-refractivity contribution in [1.82, 2.24) is 9.62 Å². The molecule has 1 saturated heterocycles. The van der Waals surface area contributed by atoms with Crippen molar-refractivity contribution in [1.29, 1.82) is 0 Å². The van der Waals surface area contributed by atoms with Gasteiger partial charge in [-0.3, -0.25) is 0 Å². The van der Waals surface area contributed by atoms with Gasteiger partial charge in [0.2, 0.25) is 10.0 Å². The molecule has 0 spiro atoms. The second-order valence-electron chi connectivity index (χ2n) is 5.22. The zero-order valence-electron chi connectivity index (χ0n) is 11.4. The topological polar surface area (TPSA) is 49.4 Å². The molecule has 0 amide bonds. The molecule has 0 radical (unpaired) electrons. The highest BCUT2D eigenvalue weighted by atomic mass is 32.2. The Hall–Kier alpha value is -0.910. The van der Waals surface area contributed by atoms with E-state index in [0.717, 1.165) is 31.5 Å². The highest BCUT2D eigenvalue weighted by molar-refractivity contribution is 7.88. The Morgan fingerprint density at radius 2 is 1.84 bits per heavy atom. The highest BCUT2D eigenvalue weighted by Gasteiger charge is 2.23. The molecule has 0 atom stereocenters. The molecule has 0 aliphatic carbocycles. The summed E-state index contributed by atoms with van der Waals surface area (Å²) in [5.41, 5.74) is 0.847. The van der Waals surface area contributed by atoms with Gasteiger partial charge in [-0.05, 0) is 37.4 Å². The molecule has 1 aliphatic heterocycles. The number of piperidine rings is 1. The average Bonchev–Trinajstić information content (AvgIpc) is 2.40. The molecule has 4 nitrogen and oxygen atoms in total. The molecule has 106 valence electrons. The van der Waals surface area contributed by atoms with Crippen LogP contribution >= 0.6 is 0 Å². The first-order chi connectivity index (χ1) is 9.08. The van der Waals surface area contributed by atoms with Crippen molar-refractivity contribution in [3.05, 3.63) is 35.9 Å². The maximum Gasteiger partial charge on any atom is 0.218 e. The quantitative estimate of drug-likeness (QED) is 0.889. The van der Waals surface area contributed by atoms with Gasteiger partial charge in [0.25, 0.3) is 0 Å². The fraction of sp³-hybridized carbons (Fsp3) is 0.571. The van der Waals surface area contributed by atoms with Crippen molar-refractivity contribution in [2.24, 2.45) is 5.92 Å². The molecule has 0 aromatic heterocycles. The van der Waals surface area contributed by atoms with E-state index < -0.39 is 10.0 Å². The van der Waals surface area contributed by atoms with Crippen LogP contribution in [0.2, 0.25) is 0 Å². The van der Waals surface area contributed by atoms with Crippen LogP contribution in [0.1, 0.15) is 18.4 Å². The lowest BCUT2D eigenvalue weighted by molar-refractivity contribution is 0.311. The van der Waals surface area contributed by atoms with Crippen molar-refractivity contribution in [3.8, 4) is 0 Å². The molecule has 0 unspecified atom stereocenters. The molecule has 5 heteroatoms. The molecule has 1 heterocycles. The molecule has 0 bridgehead atoms. The highest BCUT2D eigenvalue weighted by Crippen LogP contribution is 2.16. The molecule has 1 aliphatic rings. The van der Waals surface area contributed by atoms with Gasteiger partial charge in [-0.1, -0.05) is 30.3 Å². The van der Waals surface area contributed by atoms with Crippen LogP contribution in [0.4, 0.5) is 0 Å². The van der Waals surface area contributed by atoms with E-state index in [0.29, 0.717) is 12.5 Å². The predicted octanol–water partition coefficient (Wildman–Crippen LogP) is 1.45. The van der Waals surface area contributed by atoms with Gasteiger partial charge in [-0.15, -0.1) is 0 Å². The molecule has 1 N–H and O–H groups in total. The minimum atomic E-state index is -3.20. The van der Waals surface area contributed by atoms with Crippen LogP contribution in [0.25, 0.3) is 0 Å². The van der Waals surface area contributed by atoms with Crippen LogP contribution < -0.4 is 5.32 Å². The van der Waals surface area contributed by atoms with Crippen LogP contribution in [0.5, 0.6) is 0 Å². The van der Waals surface area contributed by atoms with Crippen molar-refractivity contribution in [2.45, 2.75) is 18.6 Å². The maximum atomic E-state index is 12.3. The van der Waals surface area contributed by atoms with Gasteiger partial charge in [0.15, 0.2) is 0 Å². The monoisotopic (exact) mass is 282 g/mol. The Morgan fingerprint density at radius 3 is 2.47 bits per heavy atom. The standard InChI is InChI=1S/C14H22N2O2S/c1-16(11-13-7-9-15-10-8-13)19(17,18)12-14-5-3-2-4-6-14/h2-6,13,15H,7-12H2,1H3. The Labute approximate surface area is 115 Å². The lowest BCUT2D eigenvalue weighted by Gasteiger charge is -2.27. The number of benzene rings is 1. The molecule has 1 aromatic rings.